The number of aliphatic hydroxyl groups excluding tert-OH is 5. The van der Waals surface area contributed by atoms with Crippen LogP contribution < -0.4 is 56.9 Å². The summed E-state index contributed by atoms with van der Waals surface area (Å²) < 4.78 is 11.4. The first kappa shape index (κ1) is 98.2. The first-order valence-electron chi connectivity index (χ1n) is 51.7. The first-order valence-corrected chi connectivity index (χ1v) is 51.7. The van der Waals surface area contributed by atoms with Gasteiger partial charge in [-0.05, 0) is 309 Å². The minimum absolute atomic E-state index is 0.0607. The highest BCUT2D eigenvalue weighted by Crippen LogP contribution is 2.43. The molecule has 10 aromatic heterocycles. The molecule has 10 aromatic carbocycles. The van der Waals surface area contributed by atoms with E-state index in [1.165, 1.54) is 88.7 Å². The number of hydrogen-bond donors (Lipinski definition) is 18. The molecule has 149 heavy (non-hydrogen) atoms. The second kappa shape index (κ2) is 46.7. The second-order valence-electron chi connectivity index (χ2n) is 38.4. The number of pyridine rings is 4. The zero-order valence-corrected chi connectivity index (χ0v) is 83.4. The van der Waals surface area contributed by atoms with Gasteiger partial charge in [0.05, 0.1) is 78.8 Å². The number of methoxy groups -OCH3 is 1. The molecule has 27 nitrogen and oxygen atoms in total. The van der Waals surface area contributed by atoms with Crippen molar-refractivity contribution in [2.75, 3.05) is 100 Å². The van der Waals surface area contributed by atoms with Crippen molar-refractivity contribution in [2.45, 2.75) is 127 Å². The van der Waals surface area contributed by atoms with Crippen LogP contribution in [0.15, 0.2) is 323 Å². The maximum Gasteiger partial charge on any atom is 0.144 e. The number of aromatic nitrogens is 11. The quantitative estimate of drug-likeness (QED) is 0.0192. The van der Waals surface area contributed by atoms with E-state index < -0.39 is 24.4 Å². The number of aliphatic hydroxyl groups is 5. The summed E-state index contributed by atoms with van der Waals surface area (Å²) >= 11 is 0. The van der Waals surface area contributed by atoms with Gasteiger partial charge in [0.15, 0.2) is 0 Å². The SMILES string of the molecule is COc1ccc2c(CCN3CCOc4cc(Nc5ccnc6c5CCC6O)ccc43)c[nH]c2c1.OC1CCCc2c(Nc3ccc(NCCc4c[nH]c5ccccc45)cc3)ccnc21.OC1CCc2c(Nc3ccc(NCCc4c[nH]c5ccccc45)cc3)ccnc21.OCc1cc(Cc2ccc(NCCc3c[nH]c4ccccc34)cc2)ncn1.O[C@H]1CCc2c(Nc3ccc(NCCc4c[nH]c5ccccc45)cc3)ccnc21. The van der Waals surface area contributed by atoms with Crippen molar-refractivity contribution in [3.8, 4) is 11.5 Å². The molecule has 11 heterocycles. The van der Waals surface area contributed by atoms with Crippen LogP contribution in [0.2, 0.25) is 0 Å². The molecule has 3 unspecified atom stereocenters. The number of ether oxygens (including phenoxy) is 2. The van der Waals surface area contributed by atoms with Gasteiger partial charge in [-0.3, -0.25) is 19.9 Å². The van der Waals surface area contributed by atoms with E-state index in [4.69, 9.17) is 9.47 Å². The van der Waals surface area contributed by atoms with Crippen molar-refractivity contribution in [1.82, 2.24) is 54.8 Å². The zero-order chi connectivity index (χ0) is 101. The molecule has 0 bridgehead atoms. The minimum atomic E-state index is -0.462. The summed E-state index contributed by atoms with van der Waals surface area (Å²) in [5.74, 6) is 1.76. The lowest BCUT2D eigenvalue weighted by Gasteiger charge is -2.31. The van der Waals surface area contributed by atoms with Gasteiger partial charge in [0, 0.05) is 236 Å². The zero-order valence-electron chi connectivity index (χ0n) is 83.4. The molecular weight excluding hydrogens is 1860 g/mol. The van der Waals surface area contributed by atoms with Crippen LogP contribution in [0.4, 0.5) is 73.9 Å². The molecule has 27 heteroatoms. The van der Waals surface area contributed by atoms with E-state index in [9.17, 15) is 25.5 Å². The first-order chi connectivity index (χ1) is 73.3. The molecule has 4 atom stereocenters. The van der Waals surface area contributed by atoms with Gasteiger partial charge in [0.25, 0.3) is 0 Å². The fourth-order valence-electron chi connectivity index (χ4n) is 20.8. The molecule has 0 amide bonds. The Hall–Kier alpha value is -16.8. The van der Waals surface area contributed by atoms with Crippen molar-refractivity contribution in [1.29, 1.82) is 0 Å². The highest BCUT2D eigenvalue weighted by molar-refractivity contribution is 5.88. The van der Waals surface area contributed by atoms with Crippen molar-refractivity contribution in [3.05, 3.63) is 413 Å². The second-order valence-corrected chi connectivity index (χ2v) is 38.4. The summed E-state index contributed by atoms with van der Waals surface area (Å²) in [6, 6.07) is 89.3. The number of nitrogens with zero attached hydrogens (tertiary/aromatic N) is 7. The largest absolute Gasteiger partial charge is 0.497 e. The van der Waals surface area contributed by atoms with E-state index in [1.807, 2.05) is 42.5 Å². The number of H-pyrrole nitrogens is 5. The number of hydrogen-bond acceptors (Lipinski definition) is 22. The van der Waals surface area contributed by atoms with Crippen molar-refractivity contribution in [2.24, 2.45) is 0 Å². The van der Waals surface area contributed by atoms with E-state index >= 15 is 0 Å². The Morgan fingerprint density at radius 2 is 0.705 bits per heavy atom. The van der Waals surface area contributed by atoms with Crippen LogP contribution in [-0.2, 0) is 70.8 Å². The molecular formula is C122H124N20O7. The van der Waals surface area contributed by atoms with E-state index in [0.717, 1.165) is 277 Å². The molecule has 25 rings (SSSR count). The fourth-order valence-corrected chi connectivity index (χ4v) is 20.8. The summed E-state index contributed by atoms with van der Waals surface area (Å²) in [6.07, 6.45) is 30.3. The Morgan fingerprint density at radius 1 is 0.349 bits per heavy atom. The Morgan fingerprint density at radius 3 is 1.12 bits per heavy atom. The van der Waals surface area contributed by atoms with E-state index in [0.29, 0.717) is 12.3 Å². The molecule has 4 aliphatic carbocycles. The third kappa shape index (κ3) is 23.7. The van der Waals surface area contributed by atoms with Crippen LogP contribution in [0.1, 0.15) is 146 Å². The molecule has 0 fully saturated rings. The van der Waals surface area contributed by atoms with Gasteiger partial charge in [-0.25, -0.2) is 9.97 Å². The predicted molar refractivity (Wildman–Crippen MR) is 599 cm³/mol. The molecule has 0 radical (unpaired) electrons. The van der Waals surface area contributed by atoms with E-state index in [1.54, 1.807) is 31.9 Å². The molecule has 0 saturated carbocycles. The molecule has 20 aromatic rings. The lowest BCUT2D eigenvalue weighted by atomic mass is 9.92. The van der Waals surface area contributed by atoms with Crippen LogP contribution in [0.3, 0.4) is 0 Å². The summed E-state index contributed by atoms with van der Waals surface area (Å²) in [5, 5.41) is 83.9. The number of benzene rings is 10. The minimum Gasteiger partial charge on any atom is -0.497 e. The normalized spacial score (nSPS) is 15.0. The summed E-state index contributed by atoms with van der Waals surface area (Å²) in [4.78, 5) is 44.8. The van der Waals surface area contributed by atoms with Crippen molar-refractivity contribution < 1.29 is 35.0 Å². The van der Waals surface area contributed by atoms with Gasteiger partial charge in [-0.2, -0.15) is 0 Å². The lowest BCUT2D eigenvalue weighted by Crippen LogP contribution is -2.34. The lowest BCUT2D eigenvalue weighted by molar-refractivity contribution is 0.151. The fraction of sp³-hybridized carbons (Fsp3) is 0.230. The maximum atomic E-state index is 10.2. The number of rotatable bonds is 31. The van der Waals surface area contributed by atoms with Crippen LogP contribution in [0, 0.1) is 0 Å². The number of fused-ring (bicyclic) bond motifs is 10. The molecule has 5 aliphatic rings. The summed E-state index contributed by atoms with van der Waals surface area (Å²) in [5.41, 5.74) is 36.7. The van der Waals surface area contributed by atoms with Gasteiger partial charge in [0.2, 0.25) is 0 Å². The maximum absolute atomic E-state index is 10.2. The van der Waals surface area contributed by atoms with E-state index in [2.05, 4.69) is 352 Å². The van der Waals surface area contributed by atoms with Gasteiger partial charge in [0.1, 0.15) is 24.4 Å². The smallest absolute Gasteiger partial charge is 0.144 e. The Kier molecular flexibility index (Phi) is 30.8. The number of aromatic amines is 5. The molecule has 1 aliphatic heterocycles. The summed E-state index contributed by atoms with van der Waals surface area (Å²) in [6.45, 7) is 5.91. The Balaban J connectivity index is 0.000000109. The highest BCUT2D eigenvalue weighted by Gasteiger charge is 2.29. The summed E-state index contributed by atoms with van der Waals surface area (Å²) in [7, 11) is 1.69. The average molecular weight is 1980 g/mol. The van der Waals surface area contributed by atoms with Crippen molar-refractivity contribution >= 4 is 128 Å². The average Bonchev–Trinajstić information content (AvgIpc) is 1.61. The van der Waals surface area contributed by atoms with Gasteiger partial charge >= 0.3 is 0 Å². The van der Waals surface area contributed by atoms with Gasteiger partial charge < -0.3 is 107 Å². The van der Waals surface area contributed by atoms with E-state index in [-0.39, 0.29) is 6.61 Å². The van der Waals surface area contributed by atoms with Gasteiger partial charge in [-0.1, -0.05) is 84.9 Å². The highest BCUT2D eigenvalue weighted by atomic mass is 16.5. The number of nitrogens with one attached hydrogen (secondary N) is 13. The number of para-hydroxylation sites is 4. The monoisotopic (exact) mass is 1980 g/mol. The number of anilines is 13. The predicted octanol–water partition coefficient (Wildman–Crippen LogP) is 23.6. The molecule has 754 valence electrons. The van der Waals surface area contributed by atoms with Crippen molar-refractivity contribution in [3.63, 3.8) is 0 Å². The Labute approximate surface area is 865 Å². The van der Waals surface area contributed by atoms with Crippen LogP contribution in [-0.4, -0.2) is 133 Å². The third-order valence-corrected chi connectivity index (χ3v) is 28.7. The van der Waals surface area contributed by atoms with Gasteiger partial charge in [-0.15, -0.1) is 0 Å². The van der Waals surface area contributed by atoms with Crippen LogP contribution >= 0.6 is 0 Å². The standard InChI is InChI=1S/C27H28N4O3.C25H26N4O.2C24H24N4O.C22H22N4O/c1-33-19-3-4-20-17(16-29-23(20)15-19)9-11-31-12-13-34-26-14-18(2-6-24(26)31)30-22-8-10-28-27-21(22)5-7-25(27)32;30-24-7-3-5-21-23(13-15-27-25(21)24)29-19-10-8-18(9-11-19)26-14-12-17-16-28-22-6-2-1-4-20(17)22;2*29-23-10-9-20-22(12-14-26-24(20)23)28-18-7-5-17(6-8-18)25-13-11-16-15-27-21-4-2-1-3-19(16)21;27-14-20-12-19(25-15-26-20)11-16-5-7-18(8-6-16)23-10-9-17-13-24-22-4-2-1-3-21(17)22/h2-4,6,8,10,14-16,25,29,32H,5,7,9,11-13H2,1H3,(H,28,30);1-2,4,6,8-11,13,15-16,24,26,28,30H,3,5,7,12,14H2,(H,27,29);2*1-8,12,14-15,23,25,27,29H,9-11,13H2,(H,26,28);1-8,12-13,15,23-24,27H,9-11,14H2/t;;23-;;/m..0../s1. The molecule has 0 spiro atoms. The third-order valence-electron chi connectivity index (χ3n) is 28.7. The topological polar surface area (TPSA) is 375 Å². The molecule has 18 N–H and O–H groups in total. The molecule has 0 saturated heterocycles. The van der Waals surface area contributed by atoms with Crippen LogP contribution in [0.25, 0.3) is 54.5 Å². The van der Waals surface area contributed by atoms with Crippen LogP contribution in [0.5, 0.6) is 11.5 Å². The Bertz CT molecular complexity index is 7760.